The summed E-state index contributed by atoms with van der Waals surface area (Å²) in [4.78, 5) is 14.1. The minimum Gasteiger partial charge on any atom is -0.444 e. The molecule has 29 heavy (non-hydrogen) atoms. The van der Waals surface area contributed by atoms with E-state index < -0.39 is 5.60 Å². The van der Waals surface area contributed by atoms with Crippen LogP contribution in [0.4, 0.5) is 4.79 Å². The molecule has 0 aromatic carbocycles. The van der Waals surface area contributed by atoms with Crippen LogP contribution in [0.15, 0.2) is 53.5 Å². The zero-order chi connectivity index (χ0) is 22.0. The van der Waals surface area contributed by atoms with Gasteiger partial charge in [-0.25, -0.2) is 9.91 Å². The Labute approximate surface area is 176 Å². The molecule has 0 atom stereocenters. The number of nitrogens with one attached hydrogen (secondary N) is 1. The fourth-order valence-corrected chi connectivity index (χ4v) is 2.72. The van der Waals surface area contributed by atoms with Crippen molar-refractivity contribution < 1.29 is 9.53 Å². The van der Waals surface area contributed by atoms with Crippen LogP contribution in [0.3, 0.4) is 0 Å². The lowest BCUT2D eigenvalue weighted by Gasteiger charge is -2.34. The molecular weight excluding hydrogens is 366 g/mol. The molecule has 1 N–H and O–H groups in total. The molecule has 0 bridgehead atoms. The number of hydrogen-bond acceptors (Lipinski definition) is 6. The van der Waals surface area contributed by atoms with E-state index in [0.717, 1.165) is 29.8 Å². The number of nitrogens with zero attached hydrogens (tertiary/aromatic N) is 4. The number of amides is 1. The van der Waals surface area contributed by atoms with Crippen LogP contribution in [0.2, 0.25) is 0 Å². The zero-order valence-electron chi connectivity index (χ0n) is 19.0. The Kier molecular flexibility index (Phi) is 9.51. The Hall–Kier alpha value is -2.70. The topological polar surface area (TPSA) is 60.4 Å². The Morgan fingerprint density at radius 1 is 1.41 bits per heavy atom. The molecule has 1 amide bonds. The summed E-state index contributed by atoms with van der Waals surface area (Å²) < 4.78 is 5.48. The van der Waals surface area contributed by atoms with Gasteiger partial charge in [-0.2, -0.15) is 5.10 Å². The summed E-state index contributed by atoms with van der Waals surface area (Å²) in [5, 5.41) is 11.4. The maximum atomic E-state index is 12.3. The van der Waals surface area contributed by atoms with Crippen molar-refractivity contribution in [3.05, 3.63) is 48.4 Å². The Bertz CT molecular complexity index is 686. The molecule has 1 aliphatic heterocycles. The maximum Gasteiger partial charge on any atom is 0.410 e. The SMILES string of the molecule is C=C/C(CC)=N/N(C)N(C)/C(=C\C=C\NC)C1=CCN(C(=O)OC(C)(C)C)CC1. The summed E-state index contributed by atoms with van der Waals surface area (Å²) in [5.41, 5.74) is 2.60. The van der Waals surface area contributed by atoms with Crippen molar-refractivity contribution in [3.63, 3.8) is 0 Å². The van der Waals surface area contributed by atoms with Crippen LogP contribution in [0, 0.1) is 0 Å². The molecule has 0 fully saturated rings. The van der Waals surface area contributed by atoms with E-state index in [9.17, 15) is 4.79 Å². The number of allylic oxidation sites excluding steroid dienone is 4. The first kappa shape index (κ1) is 24.3. The van der Waals surface area contributed by atoms with Gasteiger partial charge in [0.1, 0.15) is 5.60 Å². The lowest BCUT2D eigenvalue weighted by molar-refractivity contribution is 0.0261. The third kappa shape index (κ3) is 8.05. The molecule has 1 aliphatic rings. The van der Waals surface area contributed by atoms with Crippen molar-refractivity contribution in [1.82, 2.24) is 20.3 Å². The van der Waals surface area contributed by atoms with Gasteiger partial charge in [0, 0.05) is 34.2 Å². The minimum absolute atomic E-state index is 0.276. The fourth-order valence-electron chi connectivity index (χ4n) is 2.72. The Morgan fingerprint density at radius 3 is 2.59 bits per heavy atom. The average Bonchev–Trinajstić information content (AvgIpc) is 2.67. The maximum absolute atomic E-state index is 12.3. The van der Waals surface area contributed by atoms with Gasteiger partial charge in [-0.1, -0.05) is 19.6 Å². The van der Waals surface area contributed by atoms with Gasteiger partial charge in [-0.15, -0.1) is 0 Å². The predicted octanol–water partition coefficient (Wildman–Crippen LogP) is 3.90. The number of likely N-dealkylation sites (N-methyl/N-ethyl adjacent to an activating group) is 1. The molecule has 0 radical (unpaired) electrons. The number of carbonyl (C=O) groups is 1. The molecule has 0 saturated carbocycles. The molecule has 1 heterocycles. The largest absolute Gasteiger partial charge is 0.444 e. The summed E-state index contributed by atoms with van der Waals surface area (Å²) >= 11 is 0. The molecule has 0 spiro atoms. The summed E-state index contributed by atoms with van der Waals surface area (Å²) in [6, 6.07) is 0. The normalized spacial score (nSPS) is 15.8. The quantitative estimate of drug-likeness (QED) is 0.378. The van der Waals surface area contributed by atoms with Crippen LogP contribution in [-0.4, -0.2) is 66.7 Å². The van der Waals surface area contributed by atoms with E-state index in [4.69, 9.17) is 4.74 Å². The van der Waals surface area contributed by atoms with Crippen LogP contribution in [0.1, 0.15) is 40.5 Å². The van der Waals surface area contributed by atoms with Crippen molar-refractivity contribution in [3.8, 4) is 0 Å². The summed E-state index contributed by atoms with van der Waals surface area (Å²) in [7, 11) is 5.74. The van der Waals surface area contributed by atoms with Crippen molar-refractivity contribution in [2.75, 3.05) is 34.2 Å². The molecular formula is C22H37N5O2. The second-order valence-electron chi connectivity index (χ2n) is 7.77. The van der Waals surface area contributed by atoms with Crippen LogP contribution >= 0.6 is 0 Å². The fraction of sp³-hybridized carbons (Fsp3) is 0.545. The van der Waals surface area contributed by atoms with Gasteiger partial charge in [0.15, 0.2) is 0 Å². The van der Waals surface area contributed by atoms with E-state index in [2.05, 4.69) is 30.0 Å². The van der Waals surface area contributed by atoms with Crippen molar-refractivity contribution in [2.24, 2.45) is 5.10 Å². The molecule has 0 aliphatic carbocycles. The molecule has 0 aromatic rings. The third-order valence-electron chi connectivity index (χ3n) is 4.36. The second-order valence-corrected chi connectivity index (χ2v) is 7.77. The predicted molar refractivity (Wildman–Crippen MR) is 120 cm³/mol. The number of rotatable bonds is 8. The first-order valence-electron chi connectivity index (χ1n) is 10.0. The third-order valence-corrected chi connectivity index (χ3v) is 4.36. The number of hydrazine groups is 1. The van der Waals surface area contributed by atoms with Gasteiger partial charge in [-0.05, 0) is 63.6 Å². The van der Waals surface area contributed by atoms with Crippen molar-refractivity contribution in [2.45, 2.75) is 46.1 Å². The standard InChI is InChI=1S/C22H37N5O2/c1-9-19(10-2)24-26(8)25(7)20(12-11-15-23-6)18-13-16-27(17-14-18)21(28)29-22(3,4)5/h9,11-13,15,23H,1,10,14,16-17H2,2-8H3/b15-11+,20-12-,24-19-. The molecule has 7 heteroatoms. The van der Waals surface area contributed by atoms with Gasteiger partial charge in [-0.3, -0.25) is 5.01 Å². The first-order valence-corrected chi connectivity index (χ1v) is 10.0. The first-order chi connectivity index (χ1) is 13.6. The van der Waals surface area contributed by atoms with Crippen LogP contribution in [0.5, 0.6) is 0 Å². The van der Waals surface area contributed by atoms with Crippen molar-refractivity contribution in [1.29, 1.82) is 0 Å². The molecule has 7 nitrogen and oxygen atoms in total. The van der Waals surface area contributed by atoms with Crippen LogP contribution < -0.4 is 5.32 Å². The Balaban J connectivity index is 3.03. The molecule has 0 unspecified atom stereocenters. The van der Waals surface area contributed by atoms with E-state index in [0.29, 0.717) is 13.1 Å². The second kappa shape index (κ2) is 11.3. The minimum atomic E-state index is -0.493. The highest BCUT2D eigenvalue weighted by molar-refractivity contribution is 5.93. The van der Waals surface area contributed by atoms with Crippen molar-refractivity contribution >= 4 is 11.8 Å². The zero-order valence-corrected chi connectivity index (χ0v) is 19.0. The molecule has 0 saturated heterocycles. The molecule has 1 rings (SSSR count). The number of hydrogen-bond donors (Lipinski definition) is 1. The highest BCUT2D eigenvalue weighted by Gasteiger charge is 2.25. The van der Waals surface area contributed by atoms with Gasteiger partial charge >= 0.3 is 6.09 Å². The highest BCUT2D eigenvalue weighted by Crippen LogP contribution is 2.24. The van der Waals surface area contributed by atoms with E-state index in [1.54, 1.807) is 16.1 Å². The number of ether oxygens (including phenoxy) is 1. The van der Waals surface area contributed by atoms with E-state index in [-0.39, 0.29) is 6.09 Å². The van der Waals surface area contributed by atoms with E-state index in [1.165, 1.54) is 0 Å². The van der Waals surface area contributed by atoms with Crippen LogP contribution in [-0.2, 0) is 4.74 Å². The van der Waals surface area contributed by atoms with E-state index in [1.807, 2.05) is 65.3 Å². The smallest absolute Gasteiger partial charge is 0.410 e. The lowest BCUT2D eigenvalue weighted by Crippen LogP contribution is -2.40. The van der Waals surface area contributed by atoms with Crippen LogP contribution in [0.25, 0.3) is 0 Å². The van der Waals surface area contributed by atoms with Gasteiger partial charge < -0.3 is 15.0 Å². The van der Waals surface area contributed by atoms with Gasteiger partial charge in [0.05, 0.1) is 11.4 Å². The molecule has 0 aromatic heterocycles. The van der Waals surface area contributed by atoms with E-state index >= 15 is 0 Å². The Morgan fingerprint density at radius 2 is 2.10 bits per heavy atom. The number of hydrazone groups is 1. The number of carbonyl (C=O) groups excluding carboxylic acids is 1. The lowest BCUT2D eigenvalue weighted by atomic mass is 10.0. The summed E-state index contributed by atoms with van der Waals surface area (Å²) in [6.45, 7) is 12.6. The average molecular weight is 404 g/mol. The highest BCUT2D eigenvalue weighted by atomic mass is 16.6. The van der Waals surface area contributed by atoms with Gasteiger partial charge in [0.2, 0.25) is 0 Å². The summed E-state index contributed by atoms with van der Waals surface area (Å²) in [6.07, 6.45) is 11.0. The van der Waals surface area contributed by atoms with Gasteiger partial charge in [0.25, 0.3) is 0 Å². The molecule has 162 valence electrons. The summed E-state index contributed by atoms with van der Waals surface area (Å²) in [5.74, 6) is 0. The monoisotopic (exact) mass is 403 g/mol.